The van der Waals surface area contributed by atoms with Crippen LogP contribution in [0.5, 0.6) is 0 Å². The average Bonchev–Trinajstić information content (AvgIpc) is 3.00. The molecule has 0 radical (unpaired) electrons. The van der Waals surface area contributed by atoms with Crippen LogP contribution in [0.1, 0.15) is 46.0 Å². The van der Waals surface area contributed by atoms with Gasteiger partial charge in [0.05, 0.1) is 12.1 Å². The molecule has 17 heavy (non-hydrogen) atoms. The third-order valence-electron chi connectivity index (χ3n) is 4.78. The molecule has 3 heteroatoms. The van der Waals surface area contributed by atoms with Crippen molar-refractivity contribution >= 4 is 5.96 Å². The number of nitrogens with zero attached hydrogens (tertiary/aromatic N) is 2. The third-order valence-corrected chi connectivity index (χ3v) is 4.78. The van der Waals surface area contributed by atoms with Crippen LogP contribution in [-0.4, -0.2) is 29.5 Å². The van der Waals surface area contributed by atoms with Crippen molar-refractivity contribution in [2.24, 2.45) is 28.5 Å². The highest BCUT2D eigenvalue weighted by atomic mass is 15.4. The molecule has 3 nitrogen and oxygen atoms in total. The normalized spacial score (nSPS) is 42.0. The first-order valence-corrected chi connectivity index (χ1v) is 7.17. The third kappa shape index (κ3) is 2.04. The second-order valence-corrected chi connectivity index (χ2v) is 6.81. The van der Waals surface area contributed by atoms with Crippen LogP contribution in [0.4, 0.5) is 0 Å². The SMILES string of the molecule is CC1CC(C)CC2(CN=C(N)N2CC2CC2)C1. The van der Waals surface area contributed by atoms with E-state index in [0.29, 0.717) is 0 Å². The number of hydrogen-bond acceptors (Lipinski definition) is 3. The van der Waals surface area contributed by atoms with Gasteiger partial charge in [0.25, 0.3) is 0 Å². The van der Waals surface area contributed by atoms with Gasteiger partial charge < -0.3 is 10.6 Å². The summed E-state index contributed by atoms with van der Waals surface area (Å²) in [6.45, 7) is 6.89. The molecule has 0 amide bonds. The van der Waals surface area contributed by atoms with Gasteiger partial charge in [0.1, 0.15) is 0 Å². The Kier molecular flexibility index (Phi) is 2.60. The van der Waals surface area contributed by atoms with Gasteiger partial charge in [-0.1, -0.05) is 13.8 Å². The molecular formula is C14H25N3. The van der Waals surface area contributed by atoms with Crippen molar-refractivity contribution in [2.45, 2.75) is 51.5 Å². The Morgan fingerprint density at radius 2 is 1.94 bits per heavy atom. The van der Waals surface area contributed by atoms with E-state index >= 15 is 0 Å². The lowest BCUT2D eigenvalue weighted by Crippen LogP contribution is -2.55. The zero-order valence-corrected chi connectivity index (χ0v) is 11.2. The maximum absolute atomic E-state index is 6.13. The topological polar surface area (TPSA) is 41.6 Å². The van der Waals surface area contributed by atoms with Crippen molar-refractivity contribution in [2.75, 3.05) is 13.1 Å². The number of rotatable bonds is 2. The molecule has 2 aliphatic carbocycles. The van der Waals surface area contributed by atoms with E-state index < -0.39 is 0 Å². The molecule has 96 valence electrons. The molecule has 0 bridgehead atoms. The van der Waals surface area contributed by atoms with Gasteiger partial charge in [-0.3, -0.25) is 4.99 Å². The van der Waals surface area contributed by atoms with E-state index in [0.717, 1.165) is 36.8 Å². The largest absolute Gasteiger partial charge is 0.370 e. The fraction of sp³-hybridized carbons (Fsp3) is 0.929. The molecule has 0 aromatic rings. The summed E-state index contributed by atoms with van der Waals surface area (Å²) in [5.41, 5.74) is 6.41. The summed E-state index contributed by atoms with van der Waals surface area (Å²) in [6.07, 6.45) is 6.73. The van der Waals surface area contributed by atoms with E-state index in [4.69, 9.17) is 5.73 Å². The number of hydrogen-bond donors (Lipinski definition) is 1. The highest BCUT2D eigenvalue weighted by molar-refractivity contribution is 5.81. The van der Waals surface area contributed by atoms with E-state index in [1.54, 1.807) is 0 Å². The molecule has 2 atom stereocenters. The van der Waals surface area contributed by atoms with E-state index in [2.05, 4.69) is 23.7 Å². The zero-order valence-electron chi connectivity index (χ0n) is 11.2. The Morgan fingerprint density at radius 3 is 2.53 bits per heavy atom. The van der Waals surface area contributed by atoms with Gasteiger partial charge in [0.15, 0.2) is 5.96 Å². The van der Waals surface area contributed by atoms with Crippen molar-refractivity contribution in [3.8, 4) is 0 Å². The van der Waals surface area contributed by atoms with Crippen molar-refractivity contribution in [3.63, 3.8) is 0 Å². The Morgan fingerprint density at radius 1 is 1.29 bits per heavy atom. The number of nitrogens with two attached hydrogens (primary N) is 1. The van der Waals surface area contributed by atoms with Gasteiger partial charge >= 0.3 is 0 Å². The van der Waals surface area contributed by atoms with Crippen LogP contribution >= 0.6 is 0 Å². The van der Waals surface area contributed by atoms with Crippen molar-refractivity contribution in [3.05, 3.63) is 0 Å². The minimum Gasteiger partial charge on any atom is -0.370 e. The maximum Gasteiger partial charge on any atom is 0.191 e. The first-order chi connectivity index (χ1) is 8.09. The average molecular weight is 235 g/mol. The molecule has 2 saturated carbocycles. The highest BCUT2D eigenvalue weighted by Gasteiger charge is 2.47. The minimum atomic E-state index is 0.282. The predicted octanol–water partition coefficient (Wildman–Crippen LogP) is 2.22. The minimum absolute atomic E-state index is 0.282. The molecule has 1 aliphatic heterocycles. The standard InChI is InChI=1S/C14H25N3/c1-10-5-11(2)7-14(6-10)9-16-13(15)17(14)8-12-3-4-12/h10-12H,3-9H2,1-2H3,(H2,15,16). The molecule has 0 saturated heterocycles. The molecule has 2 unspecified atom stereocenters. The Hall–Kier alpha value is -0.730. The molecule has 0 aromatic carbocycles. The second-order valence-electron chi connectivity index (χ2n) is 6.81. The summed E-state index contributed by atoms with van der Waals surface area (Å²) in [6, 6.07) is 0. The molecular weight excluding hydrogens is 210 g/mol. The molecule has 1 heterocycles. The summed E-state index contributed by atoms with van der Waals surface area (Å²) in [5, 5.41) is 0. The van der Waals surface area contributed by atoms with Gasteiger partial charge in [-0.05, 0) is 49.9 Å². The quantitative estimate of drug-likeness (QED) is 0.797. The van der Waals surface area contributed by atoms with E-state index in [1.807, 2.05) is 0 Å². The number of aliphatic imine (C=N–C) groups is 1. The van der Waals surface area contributed by atoms with Crippen molar-refractivity contribution in [1.82, 2.24) is 4.90 Å². The first kappa shape index (κ1) is 11.4. The van der Waals surface area contributed by atoms with Crippen LogP contribution in [0, 0.1) is 17.8 Å². The Balaban J connectivity index is 1.79. The van der Waals surface area contributed by atoms with Gasteiger partial charge in [-0.15, -0.1) is 0 Å². The highest BCUT2D eigenvalue weighted by Crippen LogP contribution is 2.44. The van der Waals surface area contributed by atoms with Crippen LogP contribution in [0.25, 0.3) is 0 Å². The number of guanidine groups is 1. The molecule has 1 spiro atoms. The lowest BCUT2D eigenvalue weighted by atomic mass is 9.71. The summed E-state index contributed by atoms with van der Waals surface area (Å²) < 4.78 is 0. The van der Waals surface area contributed by atoms with E-state index in [-0.39, 0.29) is 5.54 Å². The Bertz CT molecular complexity index is 322. The van der Waals surface area contributed by atoms with Gasteiger partial charge in [-0.2, -0.15) is 0 Å². The van der Waals surface area contributed by atoms with Crippen LogP contribution in [0.2, 0.25) is 0 Å². The van der Waals surface area contributed by atoms with E-state index in [9.17, 15) is 0 Å². The van der Waals surface area contributed by atoms with Crippen LogP contribution in [-0.2, 0) is 0 Å². The molecule has 0 aromatic heterocycles. The lowest BCUT2D eigenvalue weighted by Gasteiger charge is -2.46. The summed E-state index contributed by atoms with van der Waals surface area (Å²) in [4.78, 5) is 7.03. The molecule has 2 fully saturated rings. The van der Waals surface area contributed by atoms with Gasteiger partial charge in [-0.25, -0.2) is 0 Å². The first-order valence-electron chi connectivity index (χ1n) is 7.17. The predicted molar refractivity (Wildman–Crippen MR) is 70.8 cm³/mol. The summed E-state index contributed by atoms with van der Waals surface area (Å²) >= 11 is 0. The zero-order chi connectivity index (χ0) is 12.0. The lowest BCUT2D eigenvalue weighted by molar-refractivity contribution is 0.0806. The fourth-order valence-corrected chi connectivity index (χ4v) is 4.07. The van der Waals surface area contributed by atoms with Crippen LogP contribution < -0.4 is 5.73 Å². The molecule has 2 N–H and O–H groups in total. The Labute approximate surface area is 104 Å². The van der Waals surface area contributed by atoms with Crippen LogP contribution in [0.15, 0.2) is 4.99 Å². The summed E-state index contributed by atoms with van der Waals surface area (Å²) in [5.74, 6) is 3.35. The smallest absolute Gasteiger partial charge is 0.191 e. The summed E-state index contributed by atoms with van der Waals surface area (Å²) in [7, 11) is 0. The molecule has 3 rings (SSSR count). The van der Waals surface area contributed by atoms with Crippen LogP contribution in [0.3, 0.4) is 0 Å². The monoisotopic (exact) mass is 235 g/mol. The van der Waals surface area contributed by atoms with Gasteiger partial charge in [0.2, 0.25) is 0 Å². The molecule has 3 aliphatic rings. The maximum atomic E-state index is 6.13. The van der Waals surface area contributed by atoms with Crippen molar-refractivity contribution in [1.29, 1.82) is 0 Å². The van der Waals surface area contributed by atoms with Gasteiger partial charge in [0, 0.05) is 6.54 Å². The van der Waals surface area contributed by atoms with E-state index in [1.165, 1.54) is 32.1 Å². The van der Waals surface area contributed by atoms with Crippen molar-refractivity contribution < 1.29 is 0 Å². The second kappa shape index (κ2) is 3.89. The fourth-order valence-electron chi connectivity index (χ4n) is 4.07.